The first-order chi connectivity index (χ1) is 12.3. The van der Waals surface area contributed by atoms with Gasteiger partial charge in [-0.3, -0.25) is 9.59 Å². The summed E-state index contributed by atoms with van der Waals surface area (Å²) in [7, 11) is 0. The molecule has 2 rings (SSSR count). The number of carbonyl (C=O) groups excluding carboxylic acids is 2. The lowest BCUT2D eigenvalue weighted by Gasteiger charge is -2.25. The van der Waals surface area contributed by atoms with Gasteiger partial charge in [0, 0.05) is 38.4 Å². The highest BCUT2D eigenvalue weighted by molar-refractivity contribution is 8.13. The number of thioether (sulfide) groups is 1. The van der Waals surface area contributed by atoms with Crippen LogP contribution >= 0.6 is 11.8 Å². The molecule has 1 aliphatic heterocycles. The van der Waals surface area contributed by atoms with Gasteiger partial charge in [-0.15, -0.1) is 0 Å². The van der Waals surface area contributed by atoms with Gasteiger partial charge in [-0.25, -0.2) is 0 Å². The van der Waals surface area contributed by atoms with Crippen molar-refractivity contribution in [3.05, 3.63) is 23.8 Å². The van der Waals surface area contributed by atoms with Crippen molar-refractivity contribution in [1.82, 2.24) is 4.90 Å². The van der Waals surface area contributed by atoms with Gasteiger partial charge in [0.25, 0.3) is 5.24 Å². The van der Waals surface area contributed by atoms with Crippen molar-refractivity contribution >= 4 is 34.3 Å². The maximum atomic E-state index is 13.0. The van der Waals surface area contributed by atoms with Crippen LogP contribution < -0.4 is 10.2 Å². The third-order valence-electron chi connectivity index (χ3n) is 4.16. The van der Waals surface area contributed by atoms with Crippen molar-refractivity contribution in [2.24, 2.45) is 0 Å². The highest BCUT2D eigenvalue weighted by atomic mass is 32.2. The van der Waals surface area contributed by atoms with Crippen LogP contribution in [0.25, 0.3) is 0 Å². The summed E-state index contributed by atoms with van der Waals surface area (Å²) in [5.74, 6) is 0.280. The zero-order chi connectivity index (χ0) is 19.3. The molecule has 144 valence electrons. The number of hydrogen-bond acceptors (Lipinski definition) is 4. The molecule has 0 radical (unpaired) electrons. The Morgan fingerprint density at radius 1 is 1.31 bits per heavy atom. The molecule has 1 heterocycles. The molecule has 1 N–H and O–H groups in total. The Balaban J connectivity index is 2.15. The number of amides is 2. The van der Waals surface area contributed by atoms with Gasteiger partial charge < -0.3 is 15.1 Å². The summed E-state index contributed by atoms with van der Waals surface area (Å²) < 4.78 is 39.1. The van der Waals surface area contributed by atoms with E-state index in [0.717, 1.165) is 12.1 Å². The molecule has 1 aliphatic rings. The van der Waals surface area contributed by atoms with Crippen LogP contribution in [-0.2, 0) is 11.0 Å². The fourth-order valence-electron chi connectivity index (χ4n) is 2.73. The topological polar surface area (TPSA) is 52.7 Å². The predicted molar refractivity (Wildman–Crippen MR) is 97.7 cm³/mol. The molecule has 0 aliphatic carbocycles. The van der Waals surface area contributed by atoms with E-state index < -0.39 is 17.6 Å². The fourth-order valence-corrected chi connectivity index (χ4v) is 3.58. The largest absolute Gasteiger partial charge is 0.416 e. The smallest absolute Gasteiger partial charge is 0.370 e. The summed E-state index contributed by atoms with van der Waals surface area (Å²) in [4.78, 5) is 27.2. The number of nitrogens with zero attached hydrogens (tertiary/aromatic N) is 2. The molecule has 0 unspecified atom stereocenters. The van der Waals surface area contributed by atoms with Gasteiger partial charge in [-0.2, -0.15) is 13.2 Å². The molecular weight excluding hydrogens is 367 g/mol. The van der Waals surface area contributed by atoms with E-state index in [1.54, 1.807) is 4.90 Å². The Morgan fingerprint density at radius 2 is 2.00 bits per heavy atom. The van der Waals surface area contributed by atoms with Crippen LogP contribution in [0.2, 0.25) is 0 Å². The van der Waals surface area contributed by atoms with Crippen LogP contribution in [0.3, 0.4) is 0 Å². The van der Waals surface area contributed by atoms with Crippen molar-refractivity contribution in [3.63, 3.8) is 0 Å². The first-order valence-electron chi connectivity index (χ1n) is 8.44. The average Bonchev–Trinajstić information content (AvgIpc) is 2.99. The van der Waals surface area contributed by atoms with Gasteiger partial charge in [0.05, 0.1) is 16.9 Å². The maximum Gasteiger partial charge on any atom is 0.416 e. The van der Waals surface area contributed by atoms with Crippen LogP contribution in [0.4, 0.5) is 29.3 Å². The standard InChI is InChI=1S/C17H22F3N3O2S/c1-3-22(4-2)14-6-5-12(17(18,19)20)11-13(14)21-15(24)7-8-23-9-10-26-16(23)25/h5-6,11H,3-4,7-10H2,1-2H3,(H,21,24). The first kappa shape index (κ1) is 20.4. The maximum absolute atomic E-state index is 13.0. The highest BCUT2D eigenvalue weighted by Crippen LogP contribution is 2.35. The molecule has 1 aromatic rings. The van der Waals surface area contributed by atoms with Crippen molar-refractivity contribution in [2.45, 2.75) is 26.4 Å². The second kappa shape index (κ2) is 8.66. The van der Waals surface area contributed by atoms with Crippen LogP contribution in [0.1, 0.15) is 25.8 Å². The summed E-state index contributed by atoms with van der Waals surface area (Å²) in [6.45, 7) is 5.84. The minimum Gasteiger partial charge on any atom is -0.370 e. The Bertz CT molecular complexity index is 663. The van der Waals surface area contributed by atoms with E-state index in [4.69, 9.17) is 0 Å². The lowest BCUT2D eigenvalue weighted by molar-refractivity contribution is -0.137. The molecule has 5 nitrogen and oxygen atoms in total. The molecule has 26 heavy (non-hydrogen) atoms. The van der Waals surface area contributed by atoms with E-state index in [1.807, 2.05) is 18.7 Å². The normalized spacial score (nSPS) is 14.7. The number of carbonyl (C=O) groups is 2. The summed E-state index contributed by atoms with van der Waals surface area (Å²) >= 11 is 1.20. The first-order valence-corrected chi connectivity index (χ1v) is 9.42. The number of benzene rings is 1. The zero-order valence-electron chi connectivity index (χ0n) is 14.7. The van der Waals surface area contributed by atoms with Gasteiger partial charge in [0.1, 0.15) is 0 Å². The Morgan fingerprint density at radius 3 is 2.54 bits per heavy atom. The second-order valence-electron chi connectivity index (χ2n) is 5.80. The number of anilines is 2. The SMILES string of the molecule is CCN(CC)c1ccc(C(F)(F)F)cc1NC(=O)CCN1CCSC1=O. The minimum atomic E-state index is -4.49. The summed E-state index contributed by atoms with van der Waals surface area (Å²) in [5, 5.41) is 2.52. The summed E-state index contributed by atoms with van der Waals surface area (Å²) in [5.41, 5.74) is -0.130. The van der Waals surface area contributed by atoms with E-state index in [9.17, 15) is 22.8 Å². The molecule has 1 fully saturated rings. The monoisotopic (exact) mass is 389 g/mol. The third-order valence-corrected chi connectivity index (χ3v) is 5.05. The molecule has 0 saturated carbocycles. The average molecular weight is 389 g/mol. The van der Waals surface area contributed by atoms with Crippen molar-refractivity contribution in [2.75, 3.05) is 42.1 Å². The van der Waals surface area contributed by atoms with E-state index in [2.05, 4.69) is 5.32 Å². The second-order valence-corrected chi connectivity index (χ2v) is 6.85. The van der Waals surface area contributed by atoms with Crippen molar-refractivity contribution < 1.29 is 22.8 Å². The van der Waals surface area contributed by atoms with Gasteiger partial charge >= 0.3 is 6.18 Å². The molecule has 1 saturated heterocycles. The predicted octanol–water partition coefficient (Wildman–Crippen LogP) is 4.05. The Kier molecular flexibility index (Phi) is 6.80. The number of halogens is 3. The van der Waals surface area contributed by atoms with Gasteiger partial charge in [-0.1, -0.05) is 11.8 Å². The minimum absolute atomic E-state index is 0.0419. The number of nitrogens with one attached hydrogen (secondary N) is 1. The van der Waals surface area contributed by atoms with E-state index in [0.29, 0.717) is 31.1 Å². The van der Waals surface area contributed by atoms with Crippen LogP contribution in [0.5, 0.6) is 0 Å². The molecular formula is C17H22F3N3O2S. The quantitative estimate of drug-likeness (QED) is 0.765. The number of rotatable bonds is 7. The van der Waals surface area contributed by atoms with E-state index >= 15 is 0 Å². The lowest BCUT2D eigenvalue weighted by Crippen LogP contribution is -2.28. The van der Waals surface area contributed by atoms with E-state index in [1.165, 1.54) is 17.8 Å². The van der Waals surface area contributed by atoms with Crippen molar-refractivity contribution in [1.29, 1.82) is 0 Å². The van der Waals surface area contributed by atoms with Crippen molar-refractivity contribution in [3.8, 4) is 0 Å². The van der Waals surface area contributed by atoms with Gasteiger partial charge in [-0.05, 0) is 32.0 Å². The van der Waals surface area contributed by atoms with Crippen LogP contribution in [-0.4, -0.2) is 48.0 Å². The van der Waals surface area contributed by atoms with Gasteiger partial charge in [0.15, 0.2) is 0 Å². The third kappa shape index (κ3) is 5.06. The summed E-state index contributed by atoms with van der Waals surface area (Å²) in [6.07, 6.45) is -4.44. The number of hydrogen-bond donors (Lipinski definition) is 1. The zero-order valence-corrected chi connectivity index (χ0v) is 15.5. The molecule has 0 spiro atoms. The molecule has 0 atom stereocenters. The fraction of sp³-hybridized carbons (Fsp3) is 0.529. The van der Waals surface area contributed by atoms with Crippen LogP contribution in [0.15, 0.2) is 18.2 Å². The molecule has 1 aromatic carbocycles. The van der Waals surface area contributed by atoms with Crippen LogP contribution in [0, 0.1) is 0 Å². The van der Waals surface area contributed by atoms with E-state index in [-0.39, 0.29) is 23.9 Å². The lowest BCUT2D eigenvalue weighted by atomic mass is 10.1. The molecule has 0 bridgehead atoms. The number of alkyl halides is 3. The van der Waals surface area contributed by atoms with Gasteiger partial charge in [0.2, 0.25) is 5.91 Å². The highest BCUT2D eigenvalue weighted by Gasteiger charge is 2.31. The molecule has 0 aromatic heterocycles. The Labute approximate surface area is 154 Å². The summed E-state index contributed by atoms with van der Waals surface area (Å²) in [6, 6.07) is 3.36. The Hall–Kier alpha value is -1.90. The molecule has 9 heteroatoms. The molecule has 2 amide bonds.